The van der Waals surface area contributed by atoms with Crippen molar-refractivity contribution in [2.75, 3.05) is 0 Å². The molecule has 3 atom stereocenters. The van der Waals surface area contributed by atoms with E-state index in [4.69, 9.17) is 4.74 Å². The highest BCUT2D eigenvalue weighted by atomic mass is 16.6. The van der Waals surface area contributed by atoms with Crippen molar-refractivity contribution in [3.05, 3.63) is 82.6 Å². The summed E-state index contributed by atoms with van der Waals surface area (Å²) in [5.41, 5.74) is 3.65. The van der Waals surface area contributed by atoms with Crippen LogP contribution in [0.2, 0.25) is 0 Å². The second-order valence-electron chi connectivity index (χ2n) is 8.34. The number of rotatable bonds is 8. The lowest BCUT2D eigenvalue weighted by Gasteiger charge is -2.42. The number of benzene rings is 2. The summed E-state index contributed by atoms with van der Waals surface area (Å²) in [7, 11) is 0. The van der Waals surface area contributed by atoms with Crippen LogP contribution in [0.15, 0.2) is 65.9 Å². The van der Waals surface area contributed by atoms with Crippen LogP contribution in [0, 0.1) is 6.92 Å². The standard InChI is InChI=1S/C26H34O3/c1-4-15-26(16-14-20-11-7-6-8-12-20)18-23(27)24(25(28)29-26)22(5-2)21-13-9-10-19(3)17-21/h6-13,17,22,25,27-28H,4-5,14-16,18H2,1-3H3/t22-,25?,26+/m1/s1. The van der Waals surface area contributed by atoms with E-state index in [0.29, 0.717) is 17.8 Å². The van der Waals surface area contributed by atoms with E-state index in [1.807, 2.05) is 24.3 Å². The Bertz CT molecular complexity index is 827. The van der Waals surface area contributed by atoms with Crippen molar-refractivity contribution in [1.82, 2.24) is 0 Å². The fourth-order valence-electron chi connectivity index (χ4n) is 4.68. The van der Waals surface area contributed by atoms with Gasteiger partial charge in [0.2, 0.25) is 0 Å². The van der Waals surface area contributed by atoms with Gasteiger partial charge in [-0.3, -0.25) is 0 Å². The Kier molecular flexibility index (Phi) is 7.15. The predicted octanol–water partition coefficient (Wildman–Crippen LogP) is 6.21. The van der Waals surface area contributed by atoms with Crippen LogP contribution in [0.5, 0.6) is 0 Å². The number of aliphatic hydroxyl groups excluding tert-OH is 2. The summed E-state index contributed by atoms with van der Waals surface area (Å²) in [6.45, 7) is 6.27. The molecular weight excluding hydrogens is 360 g/mol. The number of ether oxygens (including phenoxy) is 1. The molecule has 2 aromatic carbocycles. The maximum Gasteiger partial charge on any atom is 0.181 e. The predicted molar refractivity (Wildman–Crippen MR) is 118 cm³/mol. The van der Waals surface area contributed by atoms with E-state index in [-0.39, 0.29) is 5.92 Å². The van der Waals surface area contributed by atoms with E-state index in [0.717, 1.165) is 37.7 Å². The first kappa shape index (κ1) is 21.6. The van der Waals surface area contributed by atoms with E-state index >= 15 is 0 Å². The van der Waals surface area contributed by atoms with Crippen molar-refractivity contribution >= 4 is 0 Å². The van der Waals surface area contributed by atoms with E-state index < -0.39 is 11.9 Å². The van der Waals surface area contributed by atoms with Crippen LogP contribution in [0.3, 0.4) is 0 Å². The van der Waals surface area contributed by atoms with Crippen molar-refractivity contribution < 1.29 is 14.9 Å². The molecule has 0 saturated heterocycles. The number of aryl methyl sites for hydroxylation is 2. The Labute approximate surface area is 175 Å². The summed E-state index contributed by atoms with van der Waals surface area (Å²) >= 11 is 0. The van der Waals surface area contributed by atoms with E-state index in [1.54, 1.807) is 0 Å². The van der Waals surface area contributed by atoms with Crippen molar-refractivity contribution in [2.45, 2.75) is 77.1 Å². The molecule has 3 nitrogen and oxygen atoms in total. The summed E-state index contributed by atoms with van der Waals surface area (Å²) in [6.07, 6.45) is 3.59. The highest BCUT2D eigenvalue weighted by Gasteiger charge is 2.42. The van der Waals surface area contributed by atoms with Crippen molar-refractivity contribution in [2.24, 2.45) is 0 Å². The summed E-state index contributed by atoms with van der Waals surface area (Å²) in [4.78, 5) is 0. The average Bonchev–Trinajstić information content (AvgIpc) is 2.70. The monoisotopic (exact) mass is 394 g/mol. The van der Waals surface area contributed by atoms with Gasteiger partial charge >= 0.3 is 0 Å². The Morgan fingerprint density at radius 1 is 1.07 bits per heavy atom. The smallest absolute Gasteiger partial charge is 0.181 e. The second kappa shape index (κ2) is 9.60. The van der Waals surface area contributed by atoms with Crippen LogP contribution < -0.4 is 0 Å². The molecule has 1 aliphatic heterocycles. The molecule has 0 saturated carbocycles. The molecule has 0 spiro atoms. The molecule has 1 aliphatic rings. The van der Waals surface area contributed by atoms with Gasteiger partial charge in [-0.1, -0.05) is 80.4 Å². The van der Waals surface area contributed by atoms with Crippen LogP contribution in [0.4, 0.5) is 0 Å². The van der Waals surface area contributed by atoms with E-state index in [9.17, 15) is 10.2 Å². The number of hydrogen-bond acceptors (Lipinski definition) is 3. The molecule has 1 heterocycles. The first-order valence-corrected chi connectivity index (χ1v) is 10.9. The SMILES string of the molecule is CCC[C@]1(CCc2ccccc2)CC(O)=C([C@H](CC)c2cccc(C)c2)C(O)O1. The van der Waals surface area contributed by atoms with Gasteiger partial charge in [-0.15, -0.1) is 0 Å². The van der Waals surface area contributed by atoms with Crippen LogP contribution >= 0.6 is 0 Å². The minimum absolute atomic E-state index is 0.0429. The number of hydrogen-bond donors (Lipinski definition) is 2. The molecule has 2 aromatic rings. The Hall–Kier alpha value is -2.10. The van der Waals surface area contributed by atoms with Gasteiger partial charge in [0.25, 0.3) is 0 Å². The van der Waals surface area contributed by atoms with Crippen LogP contribution in [0.25, 0.3) is 0 Å². The molecule has 3 heteroatoms. The highest BCUT2D eigenvalue weighted by Crippen LogP contribution is 2.43. The van der Waals surface area contributed by atoms with Gasteiger partial charge in [0.1, 0.15) is 0 Å². The zero-order valence-corrected chi connectivity index (χ0v) is 17.9. The van der Waals surface area contributed by atoms with Crippen LogP contribution in [-0.2, 0) is 11.2 Å². The maximum atomic E-state index is 11.1. The molecule has 1 unspecified atom stereocenters. The lowest BCUT2D eigenvalue weighted by atomic mass is 9.79. The zero-order chi connectivity index (χ0) is 20.9. The Morgan fingerprint density at radius 3 is 2.45 bits per heavy atom. The highest BCUT2D eigenvalue weighted by molar-refractivity contribution is 5.35. The summed E-state index contributed by atoms with van der Waals surface area (Å²) in [5.74, 6) is 0.261. The van der Waals surface area contributed by atoms with Crippen LogP contribution in [0.1, 0.15) is 68.6 Å². The average molecular weight is 395 g/mol. The first-order chi connectivity index (χ1) is 14.0. The second-order valence-corrected chi connectivity index (χ2v) is 8.34. The first-order valence-electron chi connectivity index (χ1n) is 10.9. The van der Waals surface area contributed by atoms with Crippen LogP contribution in [-0.4, -0.2) is 22.1 Å². The largest absolute Gasteiger partial charge is 0.512 e. The third-order valence-electron chi connectivity index (χ3n) is 6.10. The lowest BCUT2D eigenvalue weighted by molar-refractivity contribution is -0.189. The topological polar surface area (TPSA) is 49.7 Å². The van der Waals surface area contributed by atoms with Gasteiger partial charge in [-0.05, 0) is 43.7 Å². The quantitative estimate of drug-likeness (QED) is 0.559. The minimum atomic E-state index is -1.07. The molecule has 0 radical (unpaired) electrons. The van der Waals surface area contributed by atoms with Gasteiger partial charge in [-0.2, -0.15) is 0 Å². The molecule has 2 N–H and O–H groups in total. The molecule has 0 bridgehead atoms. The molecular formula is C26H34O3. The van der Waals surface area contributed by atoms with Crippen molar-refractivity contribution in [1.29, 1.82) is 0 Å². The number of aliphatic hydroxyl groups is 2. The molecule has 0 aromatic heterocycles. The molecule has 0 aliphatic carbocycles. The third kappa shape index (κ3) is 5.09. The van der Waals surface area contributed by atoms with Crippen molar-refractivity contribution in [3.8, 4) is 0 Å². The molecule has 29 heavy (non-hydrogen) atoms. The van der Waals surface area contributed by atoms with Gasteiger partial charge in [-0.25, -0.2) is 0 Å². The fraction of sp³-hybridized carbons (Fsp3) is 0.462. The van der Waals surface area contributed by atoms with Crippen molar-refractivity contribution in [3.63, 3.8) is 0 Å². The third-order valence-corrected chi connectivity index (χ3v) is 6.10. The Morgan fingerprint density at radius 2 is 1.83 bits per heavy atom. The summed E-state index contributed by atoms with van der Waals surface area (Å²) < 4.78 is 6.29. The lowest BCUT2D eigenvalue weighted by Crippen LogP contribution is -2.43. The molecule has 156 valence electrons. The van der Waals surface area contributed by atoms with E-state index in [1.165, 1.54) is 11.1 Å². The maximum absolute atomic E-state index is 11.1. The normalized spacial score (nSPS) is 23.2. The Balaban J connectivity index is 1.86. The van der Waals surface area contributed by atoms with Gasteiger partial charge in [0, 0.05) is 17.9 Å². The summed E-state index contributed by atoms with van der Waals surface area (Å²) in [6, 6.07) is 18.6. The fourth-order valence-corrected chi connectivity index (χ4v) is 4.68. The summed E-state index contributed by atoms with van der Waals surface area (Å²) in [5, 5.41) is 22.1. The molecule has 3 rings (SSSR count). The molecule has 0 fully saturated rings. The van der Waals surface area contributed by atoms with Gasteiger partial charge in [0.05, 0.1) is 11.4 Å². The zero-order valence-electron chi connectivity index (χ0n) is 17.9. The molecule has 0 amide bonds. The van der Waals surface area contributed by atoms with E-state index in [2.05, 4.69) is 51.1 Å². The van der Waals surface area contributed by atoms with Gasteiger partial charge in [0.15, 0.2) is 6.29 Å². The minimum Gasteiger partial charge on any atom is -0.512 e. The van der Waals surface area contributed by atoms with Gasteiger partial charge < -0.3 is 14.9 Å².